The van der Waals surface area contributed by atoms with Crippen molar-refractivity contribution in [1.82, 2.24) is 0 Å². The van der Waals surface area contributed by atoms with E-state index in [1.54, 1.807) is 0 Å². The Balaban J connectivity index is 2.48. The first-order valence-electron chi connectivity index (χ1n) is 5.42. The second-order valence-corrected chi connectivity index (χ2v) is 6.57. The summed E-state index contributed by atoms with van der Waals surface area (Å²) in [4.78, 5) is -1.13. The molecule has 9 heteroatoms. The van der Waals surface area contributed by atoms with E-state index in [2.05, 4.69) is 0 Å². The van der Waals surface area contributed by atoms with Gasteiger partial charge in [-0.2, -0.15) is 0 Å². The SMILES string of the molecule is Nc1cc(F)c(S(=O)(=O)Nc2cc(Cl)cc(Cl)c2)c(F)c1. The molecule has 0 saturated carbocycles. The van der Waals surface area contributed by atoms with Gasteiger partial charge in [0.05, 0.1) is 5.69 Å². The van der Waals surface area contributed by atoms with Crippen LogP contribution in [-0.2, 0) is 10.0 Å². The van der Waals surface area contributed by atoms with Crippen LogP contribution < -0.4 is 10.5 Å². The minimum atomic E-state index is -4.50. The summed E-state index contributed by atoms with van der Waals surface area (Å²) in [5.41, 5.74) is 4.98. The van der Waals surface area contributed by atoms with Gasteiger partial charge in [-0.15, -0.1) is 0 Å². The summed E-state index contributed by atoms with van der Waals surface area (Å²) in [6.07, 6.45) is 0. The standard InChI is InChI=1S/C12H8Cl2F2N2O2S/c13-6-1-7(14)3-9(2-6)18-21(19,20)12-10(15)4-8(17)5-11(12)16/h1-5,18H,17H2. The molecule has 0 heterocycles. The molecule has 0 bridgehead atoms. The molecule has 2 aromatic rings. The topological polar surface area (TPSA) is 72.2 Å². The highest BCUT2D eigenvalue weighted by molar-refractivity contribution is 7.92. The third-order valence-electron chi connectivity index (χ3n) is 2.40. The molecular weight excluding hydrogens is 345 g/mol. The first kappa shape index (κ1) is 15.8. The number of benzene rings is 2. The van der Waals surface area contributed by atoms with Crippen LogP contribution >= 0.6 is 23.2 Å². The van der Waals surface area contributed by atoms with Crippen LogP contribution in [0, 0.1) is 11.6 Å². The van der Waals surface area contributed by atoms with Crippen molar-refractivity contribution in [3.63, 3.8) is 0 Å². The van der Waals surface area contributed by atoms with Crippen LogP contribution in [-0.4, -0.2) is 8.42 Å². The fourth-order valence-corrected chi connectivity index (χ4v) is 3.34. The molecule has 3 N–H and O–H groups in total. The van der Waals surface area contributed by atoms with Crippen molar-refractivity contribution >= 4 is 44.6 Å². The van der Waals surface area contributed by atoms with E-state index in [1.807, 2.05) is 4.72 Å². The minimum Gasteiger partial charge on any atom is -0.399 e. The Bertz CT molecular complexity index is 770. The number of nitrogens with one attached hydrogen (secondary N) is 1. The lowest BCUT2D eigenvalue weighted by molar-refractivity contribution is 0.522. The number of rotatable bonds is 3. The summed E-state index contributed by atoms with van der Waals surface area (Å²) < 4.78 is 53.5. The van der Waals surface area contributed by atoms with Crippen LogP contribution in [0.15, 0.2) is 35.2 Å². The van der Waals surface area contributed by atoms with E-state index in [1.165, 1.54) is 18.2 Å². The number of anilines is 2. The van der Waals surface area contributed by atoms with E-state index in [0.29, 0.717) is 12.1 Å². The lowest BCUT2D eigenvalue weighted by atomic mass is 10.3. The number of halogens is 4. The number of hydrogen-bond acceptors (Lipinski definition) is 3. The smallest absolute Gasteiger partial charge is 0.267 e. The van der Waals surface area contributed by atoms with E-state index in [9.17, 15) is 17.2 Å². The van der Waals surface area contributed by atoms with Crippen LogP contribution in [0.3, 0.4) is 0 Å². The summed E-state index contributed by atoms with van der Waals surface area (Å²) >= 11 is 11.4. The second kappa shape index (κ2) is 5.67. The molecule has 0 amide bonds. The molecule has 0 aliphatic carbocycles. The Labute approximate surface area is 129 Å². The molecule has 2 aromatic carbocycles. The van der Waals surface area contributed by atoms with Crippen LogP contribution in [0.25, 0.3) is 0 Å². The summed E-state index contributed by atoms with van der Waals surface area (Å²) in [5, 5.41) is 0.330. The molecule has 0 unspecified atom stereocenters. The first-order valence-corrected chi connectivity index (χ1v) is 7.66. The summed E-state index contributed by atoms with van der Waals surface area (Å²) in [6.45, 7) is 0. The minimum absolute atomic E-state index is 0.0249. The Morgan fingerprint density at radius 3 is 1.90 bits per heavy atom. The monoisotopic (exact) mass is 352 g/mol. The first-order chi connectivity index (χ1) is 9.69. The maximum absolute atomic E-state index is 13.7. The van der Waals surface area contributed by atoms with Crippen molar-refractivity contribution in [1.29, 1.82) is 0 Å². The third kappa shape index (κ3) is 3.55. The van der Waals surface area contributed by atoms with Gasteiger partial charge in [-0.1, -0.05) is 23.2 Å². The van der Waals surface area contributed by atoms with Crippen LogP contribution in [0.4, 0.5) is 20.2 Å². The van der Waals surface area contributed by atoms with Gasteiger partial charge in [-0.05, 0) is 30.3 Å². The molecule has 0 fully saturated rings. The highest BCUT2D eigenvalue weighted by Crippen LogP contribution is 2.27. The number of nitrogen functional groups attached to an aromatic ring is 1. The normalized spacial score (nSPS) is 11.4. The molecule has 2 rings (SSSR count). The number of sulfonamides is 1. The maximum Gasteiger partial charge on any atom is 0.267 e. The highest BCUT2D eigenvalue weighted by atomic mass is 35.5. The van der Waals surface area contributed by atoms with Crippen molar-refractivity contribution in [2.75, 3.05) is 10.5 Å². The van der Waals surface area contributed by atoms with Crippen LogP contribution in [0.2, 0.25) is 10.0 Å². The van der Waals surface area contributed by atoms with Crippen molar-refractivity contribution in [2.45, 2.75) is 4.90 Å². The Kier molecular flexibility index (Phi) is 4.27. The molecule has 0 aromatic heterocycles. The molecule has 112 valence electrons. The molecule has 0 spiro atoms. The fraction of sp³-hybridized carbons (Fsp3) is 0. The van der Waals surface area contributed by atoms with Gasteiger partial charge >= 0.3 is 0 Å². The zero-order valence-corrected chi connectivity index (χ0v) is 12.5. The van der Waals surface area contributed by atoms with Gasteiger partial charge in [0.15, 0.2) is 4.90 Å². The number of hydrogen-bond donors (Lipinski definition) is 2. The Morgan fingerprint density at radius 1 is 0.952 bits per heavy atom. The van der Waals surface area contributed by atoms with Gasteiger partial charge in [0, 0.05) is 15.7 Å². The quantitative estimate of drug-likeness (QED) is 0.828. The summed E-state index contributed by atoms with van der Waals surface area (Å²) in [7, 11) is -4.50. The molecule has 4 nitrogen and oxygen atoms in total. The lowest BCUT2D eigenvalue weighted by Crippen LogP contribution is -2.16. The van der Waals surface area contributed by atoms with E-state index >= 15 is 0 Å². The summed E-state index contributed by atoms with van der Waals surface area (Å²) in [6, 6.07) is 5.30. The second-order valence-electron chi connectivity index (χ2n) is 4.08. The van der Waals surface area contributed by atoms with E-state index in [-0.39, 0.29) is 21.4 Å². The van der Waals surface area contributed by atoms with Crippen molar-refractivity contribution in [2.24, 2.45) is 0 Å². The molecule has 21 heavy (non-hydrogen) atoms. The molecule has 0 aliphatic heterocycles. The molecule has 0 radical (unpaired) electrons. The van der Waals surface area contributed by atoms with Gasteiger partial charge in [0.25, 0.3) is 10.0 Å². The van der Waals surface area contributed by atoms with Crippen molar-refractivity contribution in [3.8, 4) is 0 Å². The Hall–Kier alpha value is -1.57. The average molecular weight is 353 g/mol. The molecule has 0 atom stereocenters. The van der Waals surface area contributed by atoms with Gasteiger partial charge < -0.3 is 5.73 Å². The Morgan fingerprint density at radius 2 is 1.43 bits per heavy atom. The average Bonchev–Trinajstić information content (AvgIpc) is 2.23. The zero-order valence-electron chi connectivity index (χ0n) is 10.2. The van der Waals surface area contributed by atoms with Crippen LogP contribution in [0.5, 0.6) is 0 Å². The van der Waals surface area contributed by atoms with E-state index in [4.69, 9.17) is 28.9 Å². The number of nitrogens with two attached hydrogens (primary N) is 1. The molecule has 0 saturated heterocycles. The molecular formula is C12H8Cl2F2N2O2S. The van der Waals surface area contributed by atoms with Crippen molar-refractivity contribution in [3.05, 3.63) is 52.0 Å². The van der Waals surface area contributed by atoms with E-state index < -0.39 is 26.6 Å². The van der Waals surface area contributed by atoms with Crippen molar-refractivity contribution < 1.29 is 17.2 Å². The van der Waals surface area contributed by atoms with E-state index in [0.717, 1.165) is 0 Å². The largest absolute Gasteiger partial charge is 0.399 e. The van der Waals surface area contributed by atoms with Gasteiger partial charge in [0.2, 0.25) is 0 Å². The highest BCUT2D eigenvalue weighted by Gasteiger charge is 2.25. The predicted octanol–water partition coefficient (Wildman–Crippen LogP) is 3.65. The van der Waals surface area contributed by atoms with Gasteiger partial charge in [-0.25, -0.2) is 17.2 Å². The van der Waals surface area contributed by atoms with Crippen LogP contribution in [0.1, 0.15) is 0 Å². The zero-order chi connectivity index (χ0) is 15.8. The predicted molar refractivity (Wildman–Crippen MR) is 78.0 cm³/mol. The van der Waals surface area contributed by atoms with Gasteiger partial charge in [-0.3, -0.25) is 4.72 Å². The fourth-order valence-electron chi connectivity index (χ4n) is 1.66. The summed E-state index contributed by atoms with van der Waals surface area (Å²) in [5.74, 6) is -2.60. The van der Waals surface area contributed by atoms with Gasteiger partial charge in [0.1, 0.15) is 11.6 Å². The third-order valence-corrected chi connectivity index (χ3v) is 4.27. The lowest BCUT2D eigenvalue weighted by Gasteiger charge is -2.11. The maximum atomic E-state index is 13.7. The molecule has 0 aliphatic rings.